The molecule has 9 nitrogen and oxygen atoms in total. The van der Waals surface area contributed by atoms with Crippen molar-refractivity contribution < 1.29 is 22.3 Å². The third kappa shape index (κ3) is 4.35. The topological polar surface area (TPSA) is 127 Å². The molecule has 254 valence electrons. The molecule has 2 aromatic carbocycles. The van der Waals surface area contributed by atoms with Crippen molar-refractivity contribution in [3.05, 3.63) is 58.7 Å². The summed E-state index contributed by atoms with van der Waals surface area (Å²) in [4.78, 5) is 13.7. The summed E-state index contributed by atoms with van der Waals surface area (Å²) in [6.07, 6.45) is 2.35. The van der Waals surface area contributed by atoms with E-state index in [0.717, 1.165) is 30.6 Å². The average molecular weight is 699 g/mol. The van der Waals surface area contributed by atoms with Crippen LogP contribution < -0.4 is 20.7 Å². The first-order valence-electron chi connectivity index (χ1n) is 16.6. The number of benzene rings is 2. The van der Waals surface area contributed by atoms with Gasteiger partial charge >= 0.3 is 6.01 Å². The third-order valence-corrected chi connectivity index (χ3v) is 12.4. The second-order valence-corrected chi connectivity index (χ2v) is 15.1. The highest BCUT2D eigenvalue weighted by Gasteiger charge is 2.49. The molecule has 2 bridgehead atoms. The van der Waals surface area contributed by atoms with Gasteiger partial charge < -0.3 is 20.7 Å². The number of piperazine rings is 1. The lowest BCUT2D eigenvalue weighted by atomic mass is 9.86. The van der Waals surface area contributed by atoms with Crippen molar-refractivity contribution in [2.75, 3.05) is 36.9 Å². The van der Waals surface area contributed by atoms with E-state index in [-0.39, 0.29) is 92.1 Å². The average Bonchev–Trinajstić information content (AvgIpc) is 3.84. The first kappa shape index (κ1) is 31.2. The van der Waals surface area contributed by atoms with Crippen LogP contribution in [0.4, 0.5) is 28.4 Å². The van der Waals surface area contributed by atoms with Gasteiger partial charge in [-0.25, -0.2) is 8.78 Å². The number of fused-ring (bicyclic) bond motifs is 7. The number of nitrogens with two attached hydrogens (primary N) is 1. The number of rotatable bonds is 4. The summed E-state index contributed by atoms with van der Waals surface area (Å²) >= 11 is 0.883. The van der Waals surface area contributed by atoms with E-state index < -0.39 is 23.3 Å². The van der Waals surface area contributed by atoms with E-state index in [0.29, 0.717) is 48.3 Å². The zero-order chi connectivity index (χ0) is 34.6. The Morgan fingerprint density at radius 3 is 2.74 bits per heavy atom. The smallest absolute Gasteiger partial charge is 0.319 e. The number of hydrogen-bond donors (Lipinski definition) is 2. The van der Waals surface area contributed by atoms with E-state index in [1.807, 2.05) is 11.0 Å². The highest BCUT2D eigenvalue weighted by atomic mass is 32.1. The van der Waals surface area contributed by atoms with Crippen molar-refractivity contribution >= 4 is 48.7 Å². The number of aromatic nitrogens is 2. The molecule has 50 heavy (non-hydrogen) atoms. The molecule has 0 radical (unpaired) electrons. The normalized spacial score (nSPS) is 25.5. The second-order valence-electron chi connectivity index (χ2n) is 14.0. The first-order chi connectivity index (χ1) is 24.1. The predicted molar refractivity (Wildman–Crippen MR) is 182 cm³/mol. The van der Waals surface area contributed by atoms with E-state index in [9.17, 15) is 19.3 Å². The highest BCUT2D eigenvalue weighted by molar-refractivity contribution is 7.23. The summed E-state index contributed by atoms with van der Waals surface area (Å²) in [5.74, 6) is -1.05. The van der Waals surface area contributed by atoms with Gasteiger partial charge in [-0.1, -0.05) is 12.6 Å². The van der Waals surface area contributed by atoms with E-state index in [1.54, 1.807) is 0 Å². The van der Waals surface area contributed by atoms with Crippen LogP contribution in [-0.4, -0.2) is 64.8 Å². The van der Waals surface area contributed by atoms with Crippen molar-refractivity contribution in [2.24, 2.45) is 0 Å². The number of nitrogen functional groups attached to an aromatic ring is 1. The van der Waals surface area contributed by atoms with E-state index in [2.05, 4.69) is 27.8 Å². The van der Waals surface area contributed by atoms with E-state index in [4.69, 9.17) is 15.5 Å². The summed E-state index contributed by atoms with van der Waals surface area (Å²) in [6, 6.07) is 6.87. The fraction of sp³-hybridized carbons (Fsp3) is 0.389. The molecule has 3 N–H and O–H groups in total. The molecule has 0 saturated carbocycles. The van der Waals surface area contributed by atoms with Gasteiger partial charge in [0, 0.05) is 53.3 Å². The summed E-state index contributed by atoms with van der Waals surface area (Å²) in [5.41, 5.74) is 6.44. The Morgan fingerprint density at radius 2 is 1.96 bits per heavy atom. The lowest BCUT2D eigenvalue weighted by Gasteiger charge is -2.41. The number of ether oxygens (including phenoxy) is 1. The van der Waals surface area contributed by atoms with Crippen LogP contribution >= 0.6 is 11.3 Å². The number of hydrogen-bond acceptors (Lipinski definition) is 10. The fourth-order valence-electron chi connectivity index (χ4n) is 9.20. The molecule has 0 aliphatic carbocycles. The zero-order valence-electron chi connectivity index (χ0n) is 26.8. The van der Waals surface area contributed by atoms with E-state index >= 15 is 8.78 Å². The number of anilines is 2. The predicted octanol–water partition coefficient (Wildman–Crippen LogP) is 6.61. The largest absolute Gasteiger partial charge is 0.461 e. The minimum Gasteiger partial charge on any atom is -0.461 e. The Kier molecular flexibility index (Phi) is 6.95. The molecule has 7 heterocycles. The lowest BCUT2D eigenvalue weighted by Crippen LogP contribution is -2.58. The summed E-state index contributed by atoms with van der Waals surface area (Å²) in [6.45, 7) is 5.87. The van der Waals surface area contributed by atoms with Crippen molar-refractivity contribution in [2.45, 2.75) is 62.2 Å². The molecule has 4 atom stereocenters. The minimum absolute atomic E-state index is 0.00530. The van der Waals surface area contributed by atoms with Gasteiger partial charge in [-0.05, 0) is 62.3 Å². The van der Waals surface area contributed by atoms with Crippen LogP contribution in [0.1, 0.15) is 55.2 Å². The van der Waals surface area contributed by atoms with Crippen LogP contribution in [-0.2, 0) is 0 Å². The van der Waals surface area contributed by atoms with Crippen molar-refractivity contribution in [3.8, 4) is 29.3 Å². The maximum atomic E-state index is 17.5. The molecule has 4 saturated heterocycles. The Balaban J connectivity index is 1.29. The fourth-order valence-corrected chi connectivity index (χ4v) is 10.1. The molecule has 9 rings (SSSR count). The Labute approximate surface area is 288 Å². The van der Waals surface area contributed by atoms with Crippen molar-refractivity contribution in [1.82, 2.24) is 20.2 Å². The summed E-state index contributed by atoms with van der Waals surface area (Å²) in [5, 5.41) is 25.0. The van der Waals surface area contributed by atoms with Crippen molar-refractivity contribution in [3.63, 3.8) is 0 Å². The SMILES string of the molecule is C=C1C[C@@H]2[C@@H]3CC[C@H](CN2c2nc(OCC45CCCN4CC(=C(F)F)C5)nc4c(F)c(-c5ccc(F)c6sc(N)c(C#N)c56)c(C#N)c1c24)N3. The quantitative estimate of drug-likeness (QED) is 0.227. The van der Waals surface area contributed by atoms with Gasteiger partial charge in [0.2, 0.25) is 0 Å². The Hall–Kier alpha value is -4.76. The lowest BCUT2D eigenvalue weighted by molar-refractivity contribution is 0.108. The Bertz CT molecular complexity index is 2310. The number of halogens is 4. The Morgan fingerprint density at radius 1 is 1.14 bits per heavy atom. The number of nitrogens with one attached hydrogen (secondary N) is 1. The van der Waals surface area contributed by atoms with Gasteiger partial charge in [0.15, 0.2) is 5.82 Å². The van der Waals surface area contributed by atoms with Gasteiger partial charge in [-0.3, -0.25) is 4.90 Å². The molecule has 1 unspecified atom stereocenters. The third-order valence-electron chi connectivity index (χ3n) is 11.4. The zero-order valence-corrected chi connectivity index (χ0v) is 27.6. The maximum Gasteiger partial charge on any atom is 0.319 e. The molecular formula is C36H30F4N8OS. The molecule has 14 heteroatoms. The number of thiophene rings is 1. The molecule has 4 fully saturated rings. The molecule has 5 aliphatic rings. The minimum atomic E-state index is -1.67. The number of nitriles is 2. The highest BCUT2D eigenvalue weighted by Crippen LogP contribution is 2.50. The van der Waals surface area contributed by atoms with Gasteiger partial charge in [0.05, 0.1) is 26.8 Å². The molecule has 4 aromatic rings. The summed E-state index contributed by atoms with van der Waals surface area (Å²) < 4.78 is 66.4. The monoisotopic (exact) mass is 698 g/mol. The molecule has 2 aromatic heterocycles. The van der Waals surface area contributed by atoms with Gasteiger partial charge in [-0.15, -0.1) is 11.3 Å². The second kappa shape index (κ2) is 11.1. The molecule has 0 spiro atoms. The standard InChI is InChI=1S/C36H30F4N8OS/c1-16-9-24-23-6-3-18(44-23)14-48(24)34-28-25(16)20(11-41)26(19-4-5-22(37)31-27(19)21(12-42)33(43)50-31)29(38)30(28)45-35(46-34)49-15-36-7-2-8-47(36)13-17(10-36)32(39)40/h4-5,18,23-24,44H,1-3,6-10,13-15,43H2/t18-,23+,24-,36?/m1/s1. The van der Waals surface area contributed by atoms with Gasteiger partial charge in [0.1, 0.15) is 40.9 Å². The van der Waals surface area contributed by atoms with Gasteiger partial charge in [-0.2, -0.15) is 29.3 Å². The van der Waals surface area contributed by atoms with Gasteiger partial charge in [0.25, 0.3) is 6.08 Å². The van der Waals surface area contributed by atoms with Crippen molar-refractivity contribution in [1.29, 1.82) is 10.5 Å². The van der Waals surface area contributed by atoms with Crippen LogP contribution in [0.3, 0.4) is 0 Å². The molecule has 5 aliphatic heterocycles. The van der Waals surface area contributed by atoms with Crippen LogP contribution in [0.15, 0.2) is 30.4 Å². The van der Waals surface area contributed by atoms with E-state index in [1.165, 1.54) is 12.1 Å². The maximum absolute atomic E-state index is 17.5. The first-order valence-corrected chi connectivity index (χ1v) is 17.4. The molecular weight excluding hydrogens is 669 g/mol. The van der Waals surface area contributed by atoms with Crippen LogP contribution in [0.2, 0.25) is 0 Å². The summed E-state index contributed by atoms with van der Waals surface area (Å²) in [7, 11) is 0. The molecule has 0 amide bonds. The number of nitrogens with zero attached hydrogens (tertiary/aromatic N) is 6. The van der Waals surface area contributed by atoms with Crippen LogP contribution in [0, 0.1) is 34.3 Å². The van der Waals surface area contributed by atoms with Crippen LogP contribution in [0.25, 0.3) is 37.7 Å². The van der Waals surface area contributed by atoms with Crippen LogP contribution in [0.5, 0.6) is 6.01 Å².